The number of aryl methyl sites for hydroxylation is 1. The molecule has 9 heteroatoms. The third kappa shape index (κ3) is 5.29. The summed E-state index contributed by atoms with van der Waals surface area (Å²) in [5.41, 5.74) is 2.41. The van der Waals surface area contributed by atoms with Crippen LogP contribution in [0.15, 0.2) is 70.2 Å². The van der Waals surface area contributed by atoms with Gasteiger partial charge in [-0.3, -0.25) is 14.6 Å². The van der Waals surface area contributed by atoms with Gasteiger partial charge in [-0.05, 0) is 55.5 Å². The first-order valence-electron chi connectivity index (χ1n) is 10.2. The number of halogens is 2. The number of nitrogens with one attached hydrogen (secondary N) is 1. The van der Waals surface area contributed by atoms with Crippen LogP contribution in [-0.4, -0.2) is 16.9 Å². The van der Waals surface area contributed by atoms with Crippen LogP contribution in [0.2, 0.25) is 5.02 Å². The average molecular weight is 480 g/mol. The van der Waals surface area contributed by atoms with Gasteiger partial charge in [-0.1, -0.05) is 17.7 Å². The number of aromatic nitrogens is 1. The number of ether oxygens (including phenoxy) is 1. The van der Waals surface area contributed by atoms with Crippen LogP contribution in [0.1, 0.15) is 28.5 Å². The zero-order valence-electron chi connectivity index (χ0n) is 18.3. The van der Waals surface area contributed by atoms with E-state index in [1.807, 2.05) is 0 Å². The Kier molecular flexibility index (Phi) is 6.70. The van der Waals surface area contributed by atoms with Crippen molar-refractivity contribution in [1.29, 1.82) is 0 Å². The highest BCUT2D eigenvalue weighted by atomic mass is 35.5. The molecule has 4 rings (SSSR count). The van der Waals surface area contributed by atoms with Crippen molar-refractivity contribution in [2.24, 2.45) is 4.99 Å². The summed E-state index contributed by atoms with van der Waals surface area (Å²) in [6, 6.07) is 13.8. The fraction of sp³-hybridized carbons (Fsp3) is 0.120. The van der Waals surface area contributed by atoms with Crippen LogP contribution in [0.5, 0.6) is 0 Å². The molecule has 0 aliphatic carbocycles. The maximum Gasteiger partial charge on any atom is 0.302 e. The quantitative estimate of drug-likeness (QED) is 0.383. The Morgan fingerprint density at radius 3 is 2.65 bits per heavy atom. The number of esters is 1. The second-order valence-electron chi connectivity index (χ2n) is 7.41. The third-order valence-electron chi connectivity index (χ3n) is 4.87. The molecule has 0 fully saturated rings. The molecule has 4 aromatic rings. The molecule has 1 amide bonds. The molecular weight excluding hydrogens is 461 g/mol. The molecule has 0 aliphatic heterocycles. The summed E-state index contributed by atoms with van der Waals surface area (Å²) in [6.45, 7) is 3.00. The van der Waals surface area contributed by atoms with Crippen molar-refractivity contribution >= 4 is 45.8 Å². The van der Waals surface area contributed by atoms with E-state index in [2.05, 4.69) is 15.3 Å². The van der Waals surface area contributed by atoms with E-state index in [9.17, 15) is 14.0 Å². The van der Waals surface area contributed by atoms with Gasteiger partial charge in [0.15, 0.2) is 5.58 Å². The maximum atomic E-state index is 13.6. The molecule has 172 valence electrons. The molecule has 0 radical (unpaired) electrons. The van der Waals surface area contributed by atoms with Gasteiger partial charge in [-0.2, -0.15) is 0 Å². The number of fused-ring (bicyclic) bond motifs is 1. The molecule has 0 saturated heterocycles. The van der Waals surface area contributed by atoms with Crippen molar-refractivity contribution in [3.05, 3.63) is 94.0 Å². The van der Waals surface area contributed by atoms with E-state index in [4.69, 9.17) is 20.8 Å². The van der Waals surface area contributed by atoms with Crippen molar-refractivity contribution in [3.63, 3.8) is 0 Å². The van der Waals surface area contributed by atoms with Crippen LogP contribution in [0, 0.1) is 12.7 Å². The van der Waals surface area contributed by atoms with Crippen LogP contribution in [-0.2, 0) is 16.1 Å². The Labute approximate surface area is 198 Å². The van der Waals surface area contributed by atoms with Crippen molar-refractivity contribution in [2.75, 3.05) is 5.32 Å². The standard InChI is InChI=1S/C25H19ClFN3O4/c1-14-23-21(16(12-28-14)13-33-15(2)31)11-22(24(32)29-20-5-3-4-18(27)10-20)25(34-23)30-19-8-6-17(26)7-9-19/h3-12H,13H2,1-2H3,(H,29,32). The predicted octanol–water partition coefficient (Wildman–Crippen LogP) is 5.48. The molecule has 2 heterocycles. The highest BCUT2D eigenvalue weighted by Gasteiger charge is 2.17. The monoisotopic (exact) mass is 479 g/mol. The van der Waals surface area contributed by atoms with E-state index in [0.29, 0.717) is 32.9 Å². The lowest BCUT2D eigenvalue weighted by molar-refractivity contribution is -0.142. The Hall–Kier alpha value is -4.04. The molecule has 0 unspecified atom stereocenters. The maximum absolute atomic E-state index is 13.6. The first-order chi connectivity index (χ1) is 16.3. The van der Waals surface area contributed by atoms with Gasteiger partial charge in [0.25, 0.3) is 5.91 Å². The van der Waals surface area contributed by atoms with Gasteiger partial charge in [0.1, 0.15) is 18.0 Å². The highest BCUT2D eigenvalue weighted by molar-refractivity contribution is 6.30. The molecule has 0 spiro atoms. The molecule has 0 aliphatic rings. The number of hydrogen-bond donors (Lipinski definition) is 1. The number of anilines is 1. The number of hydrogen-bond acceptors (Lipinski definition) is 6. The largest absolute Gasteiger partial charge is 0.461 e. The summed E-state index contributed by atoms with van der Waals surface area (Å²) in [4.78, 5) is 33.3. The van der Waals surface area contributed by atoms with E-state index >= 15 is 0 Å². The van der Waals surface area contributed by atoms with Gasteiger partial charge in [0.2, 0.25) is 5.55 Å². The second kappa shape index (κ2) is 9.84. The van der Waals surface area contributed by atoms with Crippen LogP contribution in [0.25, 0.3) is 11.0 Å². The molecule has 1 N–H and O–H groups in total. The van der Waals surface area contributed by atoms with Gasteiger partial charge in [0.05, 0.1) is 11.4 Å². The van der Waals surface area contributed by atoms with E-state index in [1.54, 1.807) is 49.5 Å². The number of amides is 1. The minimum Gasteiger partial charge on any atom is -0.461 e. The van der Waals surface area contributed by atoms with Gasteiger partial charge in [-0.25, -0.2) is 9.38 Å². The summed E-state index contributed by atoms with van der Waals surface area (Å²) in [5.74, 6) is -1.50. The van der Waals surface area contributed by atoms with Crippen molar-refractivity contribution < 1.29 is 23.1 Å². The second-order valence-corrected chi connectivity index (χ2v) is 7.85. The summed E-state index contributed by atoms with van der Waals surface area (Å²) < 4.78 is 24.8. The molecule has 0 atom stereocenters. The van der Waals surface area contributed by atoms with Crippen LogP contribution in [0.3, 0.4) is 0 Å². The molecule has 7 nitrogen and oxygen atoms in total. The number of nitrogens with zero attached hydrogens (tertiary/aromatic N) is 2. The number of benzene rings is 2. The van der Waals surface area contributed by atoms with E-state index < -0.39 is 17.7 Å². The summed E-state index contributed by atoms with van der Waals surface area (Å²) >= 11 is 5.96. The number of carbonyl (C=O) groups is 2. The van der Waals surface area contributed by atoms with Crippen LogP contribution in [0.4, 0.5) is 15.8 Å². The number of pyridine rings is 1. The minimum atomic E-state index is -0.558. The SMILES string of the molecule is CC(=O)OCc1cnc(C)c2oc(=Nc3ccc(Cl)cc3)c(C(=O)Nc3cccc(F)c3)cc12. The molecule has 0 saturated carbocycles. The first kappa shape index (κ1) is 23.1. The van der Waals surface area contributed by atoms with Crippen molar-refractivity contribution in [3.8, 4) is 0 Å². The highest BCUT2D eigenvalue weighted by Crippen LogP contribution is 2.23. The lowest BCUT2D eigenvalue weighted by Gasteiger charge is -2.11. The Morgan fingerprint density at radius 1 is 1.18 bits per heavy atom. The fourth-order valence-corrected chi connectivity index (χ4v) is 3.35. The van der Waals surface area contributed by atoms with Crippen molar-refractivity contribution in [1.82, 2.24) is 4.98 Å². The van der Waals surface area contributed by atoms with Crippen LogP contribution < -0.4 is 10.9 Å². The predicted molar refractivity (Wildman–Crippen MR) is 125 cm³/mol. The van der Waals surface area contributed by atoms with E-state index in [0.717, 1.165) is 0 Å². The number of rotatable bonds is 5. The first-order valence-corrected chi connectivity index (χ1v) is 10.6. The van der Waals surface area contributed by atoms with Gasteiger partial charge >= 0.3 is 5.97 Å². The summed E-state index contributed by atoms with van der Waals surface area (Å²) in [5, 5.41) is 3.73. The van der Waals surface area contributed by atoms with Crippen LogP contribution >= 0.6 is 11.6 Å². The molecular formula is C25H19ClFN3O4. The minimum absolute atomic E-state index is 0.0262. The van der Waals surface area contributed by atoms with Gasteiger partial charge < -0.3 is 14.5 Å². The Balaban J connectivity index is 1.90. The lowest BCUT2D eigenvalue weighted by Crippen LogP contribution is -2.22. The Bertz CT molecular complexity index is 1470. The summed E-state index contributed by atoms with van der Waals surface area (Å²) in [6.07, 6.45) is 1.56. The fourth-order valence-electron chi connectivity index (χ4n) is 3.23. The average Bonchev–Trinajstić information content (AvgIpc) is 2.80. The smallest absolute Gasteiger partial charge is 0.302 e. The molecule has 34 heavy (non-hydrogen) atoms. The Morgan fingerprint density at radius 2 is 1.94 bits per heavy atom. The normalized spacial score (nSPS) is 11.5. The summed E-state index contributed by atoms with van der Waals surface area (Å²) in [7, 11) is 0. The van der Waals surface area contributed by atoms with Gasteiger partial charge in [0, 0.05) is 34.8 Å². The van der Waals surface area contributed by atoms with Crippen molar-refractivity contribution in [2.45, 2.75) is 20.5 Å². The zero-order valence-corrected chi connectivity index (χ0v) is 19.0. The lowest BCUT2D eigenvalue weighted by atomic mass is 10.1. The number of carbonyl (C=O) groups excluding carboxylic acids is 2. The molecule has 0 bridgehead atoms. The zero-order chi connectivity index (χ0) is 24.2. The van der Waals surface area contributed by atoms with E-state index in [-0.39, 0.29) is 23.4 Å². The molecule has 2 aromatic carbocycles. The topological polar surface area (TPSA) is 93.8 Å². The van der Waals surface area contributed by atoms with Gasteiger partial charge in [-0.15, -0.1) is 0 Å². The third-order valence-corrected chi connectivity index (χ3v) is 5.12. The molecule has 2 aromatic heterocycles. The van der Waals surface area contributed by atoms with E-state index in [1.165, 1.54) is 25.1 Å².